The van der Waals surface area contributed by atoms with Gasteiger partial charge in [0.05, 0.1) is 13.2 Å². The van der Waals surface area contributed by atoms with E-state index in [4.69, 9.17) is 14.2 Å². The Balaban J connectivity index is 3.25. The van der Waals surface area contributed by atoms with Crippen molar-refractivity contribution in [3.63, 3.8) is 0 Å². The van der Waals surface area contributed by atoms with Crippen molar-refractivity contribution in [2.24, 2.45) is 0 Å². The second-order valence-electron chi connectivity index (χ2n) is 4.96. The quantitative estimate of drug-likeness (QED) is 0.463. The Morgan fingerprint density at radius 3 is 2.24 bits per heavy atom. The van der Waals surface area contributed by atoms with E-state index >= 15 is 0 Å². The highest BCUT2D eigenvalue weighted by Crippen LogP contribution is 2.06. The Labute approximate surface area is 105 Å². The minimum atomic E-state index is -0.447. The smallest absolute Gasteiger partial charge is 0.332 e. The van der Waals surface area contributed by atoms with Crippen molar-refractivity contribution in [3.05, 3.63) is 0 Å². The van der Waals surface area contributed by atoms with E-state index in [1.54, 1.807) is 0 Å². The highest BCUT2D eigenvalue weighted by atomic mass is 16.6. The SMILES string of the molecule is CCCCCOCCOCC(=O)OC(C)(C)C. The summed E-state index contributed by atoms with van der Waals surface area (Å²) < 4.78 is 15.6. The van der Waals surface area contributed by atoms with E-state index in [0.717, 1.165) is 13.0 Å². The van der Waals surface area contributed by atoms with Gasteiger partial charge in [-0.15, -0.1) is 0 Å². The van der Waals surface area contributed by atoms with E-state index in [-0.39, 0.29) is 12.6 Å². The van der Waals surface area contributed by atoms with Crippen LogP contribution in [0.15, 0.2) is 0 Å². The van der Waals surface area contributed by atoms with Gasteiger partial charge in [-0.25, -0.2) is 4.79 Å². The molecule has 0 heterocycles. The first-order chi connectivity index (χ1) is 7.95. The van der Waals surface area contributed by atoms with Gasteiger partial charge in [0.2, 0.25) is 0 Å². The molecule has 0 aliphatic heterocycles. The van der Waals surface area contributed by atoms with Gasteiger partial charge in [-0.3, -0.25) is 0 Å². The molecule has 0 saturated carbocycles. The normalized spacial score (nSPS) is 11.5. The van der Waals surface area contributed by atoms with Crippen LogP contribution in [-0.4, -0.2) is 38.0 Å². The van der Waals surface area contributed by atoms with Crippen molar-refractivity contribution in [1.29, 1.82) is 0 Å². The molecule has 0 radical (unpaired) electrons. The van der Waals surface area contributed by atoms with E-state index in [9.17, 15) is 4.79 Å². The second-order valence-corrected chi connectivity index (χ2v) is 4.96. The zero-order valence-electron chi connectivity index (χ0n) is 11.6. The number of rotatable bonds is 9. The van der Waals surface area contributed by atoms with Crippen molar-refractivity contribution in [2.75, 3.05) is 26.4 Å². The van der Waals surface area contributed by atoms with Crippen LogP contribution in [-0.2, 0) is 19.0 Å². The minimum absolute atomic E-state index is 0.00438. The molecule has 0 aromatic rings. The molecule has 0 amide bonds. The summed E-state index contributed by atoms with van der Waals surface area (Å²) in [6.07, 6.45) is 3.47. The van der Waals surface area contributed by atoms with Crippen molar-refractivity contribution in [3.8, 4) is 0 Å². The van der Waals surface area contributed by atoms with Crippen LogP contribution in [0.4, 0.5) is 0 Å². The molecule has 0 fully saturated rings. The maximum absolute atomic E-state index is 11.2. The van der Waals surface area contributed by atoms with E-state index in [1.165, 1.54) is 12.8 Å². The van der Waals surface area contributed by atoms with Gasteiger partial charge in [-0.2, -0.15) is 0 Å². The van der Waals surface area contributed by atoms with Crippen LogP contribution in [0, 0.1) is 0 Å². The second kappa shape index (κ2) is 9.42. The van der Waals surface area contributed by atoms with Crippen LogP contribution in [0.25, 0.3) is 0 Å². The van der Waals surface area contributed by atoms with E-state index in [0.29, 0.717) is 13.2 Å². The summed E-state index contributed by atoms with van der Waals surface area (Å²) in [4.78, 5) is 11.2. The zero-order valence-corrected chi connectivity index (χ0v) is 11.6. The molecule has 0 aliphatic rings. The van der Waals surface area contributed by atoms with Crippen molar-refractivity contribution in [1.82, 2.24) is 0 Å². The fraction of sp³-hybridized carbons (Fsp3) is 0.923. The molecule has 0 unspecified atom stereocenters. The Morgan fingerprint density at radius 2 is 1.65 bits per heavy atom. The number of unbranched alkanes of at least 4 members (excludes halogenated alkanes) is 2. The first kappa shape index (κ1) is 16.4. The number of carbonyl (C=O) groups excluding carboxylic acids is 1. The van der Waals surface area contributed by atoms with Crippen LogP contribution in [0.1, 0.15) is 47.0 Å². The summed E-state index contributed by atoms with van der Waals surface area (Å²) in [5, 5.41) is 0. The molecule has 0 rings (SSSR count). The average Bonchev–Trinajstić information content (AvgIpc) is 2.19. The fourth-order valence-corrected chi connectivity index (χ4v) is 1.20. The summed E-state index contributed by atoms with van der Waals surface area (Å²) >= 11 is 0. The van der Waals surface area contributed by atoms with Gasteiger partial charge < -0.3 is 14.2 Å². The van der Waals surface area contributed by atoms with Crippen LogP contribution in [0.2, 0.25) is 0 Å². The van der Waals surface area contributed by atoms with Gasteiger partial charge in [0.1, 0.15) is 12.2 Å². The third-order valence-corrected chi connectivity index (χ3v) is 1.90. The van der Waals surface area contributed by atoms with Gasteiger partial charge in [0.25, 0.3) is 0 Å². The topological polar surface area (TPSA) is 44.8 Å². The molecule has 0 bridgehead atoms. The molecule has 0 aliphatic carbocycles. The molecular formula is C13H26O4. The standard InChI is InChI=1S/C13H26O4/c1-5-6-7-8-15-9-10-16-11-12(14)17-13(2,3)4/h5-11H2,1-4H3. The highest BCUT2D eigenvalue weighted by Gasteiger charge is 2.15. The summed E-state index contributed by atoms with van der Waals surface area (Å²) in [6.45, 7) is 9.40. The van der Waals surface area contributed by atoms with Crippen LogP contribution in [0.3, 0.4) is 0 Å². The zero-order chi connectivity index (χ0) is 13.1. The summed E-state index contributed by atoms with van der Waals surface area (Å²) in [5.41, 5.74) is -0.447. The predicted molar refractivity (Wildman–Crippen MR) is 67.0 cm³/mol. The van der Waals surface area contributed by atoms with Gasteiger partial charge in [-0.1, -0.05) is 19.8 Å². The summed E-state index contributed by atoms with van der Waals surface area (Å²) in [6, 6.07) is 0. The average molecular weight is 246 g/mol. The van der Waals surface area contributed by atoms with Crippen LogP contribution >= 0.6 is 0 Å². The van der Waals surface area contributed by atoms with E-state index in [1.807, 2.05) is 20.8 Å². The minimum Gasteiger partial charge on any atom is -0.458 e. The Hall–Kier alpha value is -0.610. The van der Waals surface area contributed by atoms with Crippen molar-refractivity contribution in [2.45, 2.75) is 52.6 Å². The molecule has 0 atom stereocenters. The van der Waals surface area contributed by atoms with Gasteiger partial charge in [0, 0.05) is 6.61 Å². The predicted octanol–water partition coefficient (Wildman–Crippen LogP) is 2.55. The lowest BCUT2D eigenvalue weighted by atomic mass is 10.2. The lowest BCUT2D eigenvalue weighted by molar-refractivity contribution is -0.160. The number of hydrogen-bond acceptors (Lipinski definition) is 4. The first-order valence-corrected chi connectivity index (χ1v) is 6.33. The number of esters is 1. The molecule has 0 aromatic heterocycles. The molecule has 4 heteroatoms. The van der Waals surface area contributed by atoms with Crippen LogP contribution < -0.4 is 0 Å². The lowest BCUT2D eigenvalue weighted by Crippen LogP contribution is -2.27. The molecule has 102 valence electrons. The third-order valence-electron chi connectivity index (χ3n) is 1.90. The molecule has 0 spiro atoms. The van der Waals surface area contributed by atoms with Crippen LogP contribution in [0.5, 0.6) is 0 Å². The first-order valence-electron chi connectivity index (χ1n) is 6.33. The van der Waals surface area contributed by atoms with Gasteiger partial charge in [0.15, 0.2) is 0 Å². The Bertz CT molecular complexity index is 196. The Morgan fingerprint density at radius 1 is 1.00 bits per heavy atom. The lowest BCUT2D eigenvalue weighted by Gasteiger charge is -2.19. The molecule has 4 nitrogen and oxygen atoms in total. The van der Waals surface area contributed by atoms with Gasteiger partial charge in [-0.05, 0) is 27.2 Å². The highest BCUT2D eigenvalue weighted by molar-refractivity contribution is 5.71. The monoisotopic (exact) mass is 246 g/mol. The van der Waals surface area contributed by atoms with Crippen molar-refractivity contribution >= 4 is 5.97 Å². The molecule has 0 saturated heterocycles. The largest absolute Gasteiger partial charge is 0.458 e. The molecule has 0 N–H and O–H groups in total. The fourth-order valence-electron chi connectivity index (χ4n) is 1.20. The summed E-state index contributed by atoms with van der Waals surface area (Å²) in [7, 11) is 0. The number of ether oxygens (including phenoxy) is 3. The maximum Gasteiger partial charge on any atom is 0.332 e. The maximum atomic E-state index is 11.2. The number of carbonyl (C=O) groups is 1. The molecular weight excluding hydrogens is 220 g/mol. The Kier molecular flexibility index (Phi) is 9.09. The summed E-state index contributed by atoms with van der Waals surface area (Å²) in [5.74, 6) is -0.330. The van der Waals surface area contributed by atoms with Gasteiger partial charge >= 0.3 is 5.97 Å². The number of hydrogen-bond donors (Lipinski definition) is 0. The molecule has 0 aromatic carbocycles. The van der Waals surface area contributed by atoms with E-state index in [2.05, 4.69) is 6.92 Å². The van der Waals surface area contributed by atoms with Crippen molar-refractivity contribution < 1.29 is 19.0 Å². The molecule has 17 heavy (non-hydrogen) atoms. The third kappa shape index (κ3) is 13.3. The van der Waals surface area contributed by atoms with E-state index < -0.39 is 5.60 Å².